The van der Waals surface area contributed by atoms with Crippen molar-refractivity contribution in [3.8, 4) is 0 Å². The van der Waals surface area contributed by atoms with Crippen LogP contribution in [0.3, 0.4) is 0 Å². The molecule has 2 heterocycles. The lowest BCUT2D eigenvalue weighted by Crippen LogP contribution is -2.34. The van der Waals surface area contributed by atoms with Gasteiger partial charge in [-0.3, -0.25) is 14.5 Å². The maximum atomic E-state index is 12.1. The Kier molecular flexibility index (Phi) is 3.10. The highest BCUT2D eigenvalue weighted by Gasteiger charge is 2.35. The number of cyclic esters (lactones) is 1. The molecule has 0 spiro atoms. The van der Waals surface area contributed by atoms with Gasteiger partial charge < -0.3 is 4.74 Å². The average molecular weight is 271 g/mol. The summed E-state index contributed by atoms with van der Waals surface area (Å²) >= 11 is 0. The number of hydrogen-bond acceptors (Lipinski definition) is 4. The van der Waals surface area contributed by atoms with Crippen LogP contribution < -0.4 is 0 Å². The number of nitrogens with zero attached hydrogens (tertiary/aromatic N) is 1. The standard InChI is InChI=1S/C15H13NO4/c17-13-7-3-4-10(20-13)8-9-16-14(18)11-5-1-2-6-12(11)15(16)19/h1-3,5-7,10H,4,8-9H2. The lowest BCUT2D eigenvalue weighted by atomic mass is 10.1. The first-order chi connectivity index (χ1) is 9.66. The number of rotatable bonds is 3. The van der Waals surface area contributed by atoms with E-state index in [1.165, 1.54) is 11.0 Å². The van der Waals surface area contributed by atoms with Gasteiger partial charge in [-0.2, -0.15) is 0 Å². The van der Waals surface area contributed by atoms with E-state index < -0.39 is 0 Å². The van der Waals surface area contributed by atoms with Crippen molar-refractivity contribution >= 4 is 17.8 Å². The number of ether oxygens (including phenoxy) is 1. The third-order valence-electron chi connectivity index (χ3n) is 3.49. The Morgan fingerprint density at radius 2 is 1.75 bits per heavy atom. The highest BCUT2D eigenvalue weighted by molar-refractivity contribution is 6.21. The molecule has 2 aliphatic rings. The van der Waals surface area contributed by atoms with Crippen LogP contribution in [0.4, 0.5) is 0 Å². The van der Waals surface area contributed by atoms with Gasteiger partial charge in [-0.05, 0) is 12.1 Å². The minimum absolute atomic E-state index is 0.262. The Morgan fingerprint density at radius 1 is 1.10 bits per heavy atom. The molecule has 0 bridgehead atoms. The normalized spacial score (nSPS) is 21.1. The van der Waals surface area contributed by atoms with Crippen LogP contribution in [0.2, 0.25) is 0 Å². The van der Waals surface area contributed by atoms with E-state index in [9.17, 15) is 14.4 Å². The number of imide groups is 1. The highest BCUT2D eigenvalue weighted by Crippen LogP contribution is 2.23. The minimum atomic E-state index is -0.372. The maximum absolute atomic E-state index is 12.1. The van der Waals surface area contributed by atoms with Crippen molar-refractivity contribution in [1.29, 1.82) is 0 Å². The number of hydrogen-bond donors (Lipinski definition) is 0. The van der Waals surface area contributed by atoms with Crippen molar-refractivity contribution < 1.29 is 19.1 Å². The number of esters is 1. The van der Waals surface area contributed by atoms with Gasteiger partial charge in [0.1, 0.15) is 6.10 Å². The molecule has 0 fully saturated rings. The summed E-state index contributed by atoms with van der Waals surface area (Å²) in [6.45, 7) is 0.262. The first-order valence-corrected chi connectivity index (χ1v) is 6.49. The first kappa shape index (κ1) is 12.6. The van der Waals surface area contributed by atoms with Crippen molar-refractivity contribution in [1.82, 2.24) is 4.90 Å². The van der Waals surface area contributed by atoms with Crippen LogP contribution in [0.1, 0.15) is 33.6 Å². The fourth-order valence-corrected chi connectivity index (χ4v) is 2.46. The highest BCUT2D eigenvalue weighted by atomic mass is 16.5. The Balaban J connectivity index is 1.68. The van der Waals surface area contributed by atoms with Crippen molar-refractivity contribution in [2.75, 3.05) is 6.54 Å². The summed E-state index contributed by atoms with van der Waals surface area (Å²) in [5, 5.41) is 0. The molecule has 0 saturated carbocycles. The lowest BCUT2D eigenvalue weighted by Gasteiger charge is -2.21. The van der Waals surface area contributed by atoms with Crippen molar-refractivity contribution in [2.45, 2.75) is 18.9 Å². The number of amides is 2. The number of fused-ring (bicyclic) bond motifs is 1. The molecule has 20 heavy (non-hydrogen) atoms. The zero-order valence-corrected chi connectivity index (χ0v) is 10.7. The monoisotopic (exact) mass is 271 g/mol. The van der Waals surface area contributed by atoms with Gasteiger partial charge in [0.15, 0.2) is 0 Å². The van der Waals surface area contributed by atoms with E-state index in [4.69, 9.17) is 4.74 Å². The van der Waals surface area contributed by atoms with Crippen molar-refractivity contribution in [2.24, 2.45) is 0 Å². The molecule has 5 heteroatoms. The summed E-state index contributed by atoms with van der Waals surface area (Å²) in [4.78, 5) is 36.6. The van der Waals surface area contributed by atoms with Gasteiger partial charge in [0.05, 0.1) is 11.1 Å². The number of carbonyl (C=O) groups excluding carboxylic acids is 3. The van der Waals surface area contributed by atoms with E-state index in [0.29, 0.717) is 24.0 Å². The molecule has 1 atom stereocenters. The maximum Gasteiger partial charge on any atom is 0.330 e. The average Bonchev–Trinajstić information content (AvgIpc) is 2.70. The molecular weight excluding hydrogens is 258 g/mol. The lowest BCUT2D eigenvalue weighted by molar-refractivity contribution is -0.144. The predicted molar refractivity (Wildman–Crippen MR) is 70.1 cm³/mol. The summed E-state index contributed by atoms with van der Waals surface area (Å²) in [6, 6.07) is 6.78. The summed E-state index contributed by atoms with van der Waals surface area (Å²) in [5.41, 5.74) is 0.885. The van der Waals surface area contributed by atoms with Gasteiger partial charge >= 0.3 is 5.97 Å². The Hall–Kier alpha value is -2.43. The quantitative estimate of drug-likeness (QED) is 0.618. The van der Waals surface area contributed by atoms with Crippen LogP contribution in [0.5, 0.6) is 0 Å². The molecular formula is C15H13NO4. The van der Waals surface area contributed by atoms with E-state index in [1.54, 1.807) is 30.3 Å². The van der Waals surface area contributed by atoms with Gasteiger partial charge in [0.25, 0.3) is 11.8 Å². The fraction of sp³-hybridized carbons (Fsp3) is 0.267. The van der Waals surface area contributed by atoms with Crippen LogP contribution in [-0.4, -0.2) is 35.3 Å². The van der Waals surface area contributed by atoms with Crippen LogP contribution in [0.15, 0.2) is 36.4 Å². The Bertz CT molecular complexity index is 585. The second kappa shape index (κ2) is 4.92. The van der Waals surface area contributed by atoms with Gasteiger partial charge in [-0.25, -0.2) is 4.79 Å². The van der Waals surface area contributed by atoms with E-state index in [-0.39, 0.29) is 30.4 Å². The predicted octanol–water partition coefficient (Wildman–Crippen LogP) is 1.54. The molecule has 3 rings (SSSR count). The zero-order chi connectivity index (χ0) is 14.1. The smallest absolute Gasteiger partial charge is 0.330 e. The van der Waals surface area contributed by atoms with Crippen molar-refractivity contribution in [3.05, 3.63) is 47.5 Å². The van der Waals surface area contributed by atoms with Crippen molar-refractivity contribution in [3.63, 3.8) is 0 Å². The molecule has 0 N–H and O–H groups in total. The number of carbonyl (C=O) groups is 3. The molecule has 0 aromatic heterocycles. The van der Waals surface area contributed by atoms with E-state index >= 15 is 0 Å². The molecule has 0 radical (unpaired) electrons. The molecule has 1 unspecified atom stereocenters. The summed E-state index contributed by atoms with van der Waals surface area (Å²) in [7, 11) is 0. The van der Waals surface area contributed by atoms with E-state index in [2.05, 4.69) is 0 Å². The fourth-order valence-electron chi connectivity index (χ4n) is 2.46. The van der Waals surface area contributed by atoms with Gasteiger partial charge in [0.2, 0.25) is 0 Å². The molecule has 0 aliphatic carbocycles. The Labute approximate surface area is 115 Å². The van der Waals surface area contributed by atoms with Crippen LogP contribution in [-0.2, 0) is 9.53 Å². The molecule has 1 aromatic rings. The summed E-state index contributed by atoms with van der Waals surface area (Å²) in [6.07, 6.45) is 3.95. The summed E-state index contributed by atoms with van der Waals surface area (Å²) in [5.74, 6) is -0.921. The topological polar surface area (TPSA) is 63.7 Å². The van der Waals surface area contributed by atoms with Gasteiger partial charge in [0, 0.05) is 25.5 Å². The minimum Gasteiger partial charge on any atom is -0.459 e. The third kappa shape index (κ3) is 2.11. The molecule has 0 saturated heterocycles. The SMILES string of the molecule is O=C1C=CCC(CCN2C(=O)c3ccccc3C2=O)O1. The number of benzene rings is 1. The first-order valence-electron chi connectivity index (χ1n) is 6.49. The molecule has 1 aromatic carbocycles. The van der Waals surface area contributed by atoms with E-state index in [1.807, 2.05) is 0 Å². The molecule has 102 valence electrons. The van der Waals surface area contributed by atoms with Gasteiger partial charge in [-0.15, -0.1) is 0 Å². The largest absolute Gasteiger partial charge is 0.459 e. The summed E-state index contributed by atoms with van der Waals surface area (Å²) < 4.78 is 5.12. The second-order valence-electron chi connectivity index (χ2n) is 4.79. The third-order valence-corrected chi connectivity index (χ3v) is 3.49. The van der Waals surface area contributed by atoms with Crippen LogP contribution in [0.25, 0.3) is 0 Å². The van der Waals surface area contributed by atoms with Crippen LogP contribution in [0, 0.1) is 0 Å². The zero-order valence-electron chi connectivity index (χ0n) is 10.7. The second-order valence-corrected chi connectivity index (χ2v) is 4.79. The molecule has 2 aliphatic heterocycles. The Morgan fingerprint density at radius 3 is 2.35 bits per heavy atom. The molecule has 2 amide bonds. The van der Waals surface area contributed by atoms with Crippen LogP contribution >= 0.6 is 0 Å². The molecule has 5 nitrogen and oxygen atoms in total. The van der Waals surface area contributed by atoms with E-state index in [0.717, 1.165) is 0 Å². The van der Waals surface area contributed by atoms with Gasteiger partial charge in [-0.1, -0.05) is 18.2 Å².